The summed E-state index contributed by atoms with van der Waals surface area (Å²) in [6.45, 7) is 7.06. The Morgan fingerprint density at radius 2 is 2.00 bits per heavy atom. The fourth-order valence-electron chi connectivity index (χ4n) is 3.98. The van der Waals surface area contributed by atoms with Crippen molar-refractivity contribution in [2.45, 2.75) is 58.5 Å². The Bertz CT molecular complexity index is 646. The van der Waals surface area contributed by atoms with E-state index in [0.29, 0.717) is 25.7 Å². The molecule has 1 saturated heterocycles. The van der Waals surface area contributed by atoms with Crippen molar-refractivity contribution in [2.24, 2.45) is 10.6 Å². The summed E-state index contributed by atoms with van der Waals surface area (Å²) in [4.78, 5) is 20.1. The van der Waals surface area contributed by atoms with Crippen LogP contribution in [0.2, 0.25) is 0 Å². The SMILES string of the molecule is CCCCN1CCC(C[C@@H]2CC(c3ccc(C)cc3)=NO2)(C(=O)O)CC1. The van der Waals surface area contributed by atoms with Crippen molar-refractivity contribution < 1.29 is 14.7 Å². The van der Waals surface area contributed by atoms with Crippen molar-refractivity contribution in [3.8, 4) is 0 Å². The number of carbonyl (C=O) groups is 1. The minimum Gasteiger partial charge on any atom is -0.481 e. The molecule has 0 aliphatic carbocycles. The minimum absolute atomic E-state index is 0.135. The van der Waals surface area contributed by atoms with Gasteiger partial charge in [-0.15, -0.1) is 0 Å². The van der Waals surface area contributed by atoms with E-state index < -0.39 is 11.4 Å². The van der Waals surface area contributed by atoms with Crippen molar-refractivity contribution in [2.75, 3.05) is 19.6 Å². The topological polar surface area (TPSA) is 62.1 Å². The maximum absolute atomic E-state index is 12.1. The van der Waals surface area contributed by atoms with Gasteiger partial charge < -0.3 is 14.8 Å². The molecule has 2 aliphatic rings. The lowest BCUT2D eigenvalue weighted by atomic mass is 9.73. The number of nitrogens with zero attached hydrogens (tertiary/aromatic N) is 2. The van der Waals surface area contributed by atoms with Gasteiger partial charge in [0, 0.05) is 12.8 Å². The van der Waals surface area contributed by atoms with Gasteiger partial charge >= 0.3 is 5.97 Å². The number of hydrogen-bond acceptors (Lipinski definition) is 4. The lowest BCUT2D eigenvalue weighted by Gasteiger charge is -2.39. The molecule has 0 unspecified atom stereocenters. The van der Waals surface area contributed by atoms with Gasteiger partial charge in [-0.25, -0.2) is 0 Å². The summed E-state index contributed by atoms with van der Waals surface area (Å²) >= 11 is 0. The van der Waals surface area contributed by atoms with Gasteiger partial charge in [0.25, 0.3) is 0 Å². The quantitative estimate of drug-likeness (QED) is 0.804. The van der Waals surface area contributed by atoms with Gasteiger partial charge in [-0.3, -0.25) is 4.79 Å². The van der Waals surface area contributed by atoms with E-state index in [1.807, 2.05) is 0 Å². The first kappa shape index (κ1) is 18.9. The largest absolute Gasteiger partial charge is 0.481 e. The number of piperidine rings is 1. The number of carboxylic acids is 1. The second-order valence-electron chi connectivity index (χ2n) is 7.82. The van der Waals surface area contributed by atoms with Gasteiger partial charge in [-0.2, -0.15) is 0 Å². The predicted octanol–water partition coefficient (Wildman–Crippen LogP) is 3.85. The first-order valence-electron chi connectivity index (χ1n) is 9.78. The lowest BCUT2D eigenvalue weighted by molar-refractivity contribution is -0.155. The Morgan fingerprint density at radius 1 is 1.31 bits per heavy atom. The third kappa shape index (κ3) is 4.26. The van der Waals surface area contributed by atoms with Crippen LogP contribution in [0.5, 0.6) is 0 Å². The molecule has 26 heavy (non-hydrogen) atoms. The molecule has 0 aromatic heterocycles. The van der Waals surface area contributed by atoms with Gasteiger partial charge in [-0.05, 0) is 51.4 Å². The van der Waals surface area contributed by atoms with Crippen LogP contribution in [-0.4, -0.2) is 47.4 Å². The van der Waals surface area contributed by atoms with Crippen LogP contribution in [0.3, 0.4) is 0 Å². The highest BCUT2D eigenvalue weighted by Crippen LogP contribution is 2.39. The smallest absolute Gasteiger partial charge is 0.309 e. The second kappa shape index (κ2) is 8.21. The minimum atomic E-state index is -0.681. The van der Waals surface area contributed by atoms with Crippen LogP contribution in [0, 0.1) is 12.3 Å². The Balaban J connectivity index is 1.58. The summed E-state index contributed by atoms with van der Waals surface area (Å²) in [6.07, 6.45) is 4.86. The van der Waals surface area contributed by atoms with Crippen molar-refractivity contribution in [3.63, 3.8) is 0 Å². The summed E-state index contributed by atoms with van der Waals surface area (Å²) < 4.78 is 0. The van der Waals surface area contributed by atoms with E-state index in [2.05, 4.69) is 48.2 Å². The Kier molecular flexibility index (Phi) is 5.97. The molecule has 0 amide bonds. The molecule has 0 spiro atoms. The molecule has 1 N–H and O–H groups in total. The van der Waals surface area contributed by atoms with Crippen molar-refractivity contribution in [1.29, 1.82) is 0 Å². The van der Waals surface area contributed by atoms with E-state index in [-0.39, 0.29) is 6.10 Å². The zero-order chi connectivity index (χ0) is 18.6. The first-order chi connectivity index (χ1) is 12.5. The molecule has 1 atom stereocenters. The molecule has 3 rings (SSSR count). The molecular weight excluding hydrogens is 328 g/mol. The van der Waals surface area contributed by atoms with E-state index in [1.54, 1.807) is 0 Å². The molecule has 0 bridgehead atoms. The molecule has 5 nitrogen and oxygen atoms in total. The second-order valence-corrected chi connectivity index (χ2v) is 7.82. The third-order valence-corrected chi connectivity index (χ3v) is 5.83. The molecule has 142 valence electrons. The number of oxime groups is 1. The number of rotatable bonds is 7. The van der Waals surface area contributed by atoms with Crippen LogP contribution in [0.15, 0.2) is 29.4 Å². The highest BCUT2D eigenvalue weighted by Gasteiger charge is 2.44. The molecular formula is C21H30N2O3. The summed E-state index contributed by atoms with van der Waals surface area (Å²) in [7, 11) is 0. The normalized spacial score (nSPS) is 22.7. The van der Waals surface area contributed by atoms with E-state index in [9.17, 15) is 9.90 Å². The highest BCUT2D eigenvalue weighted by molar-refractivity contribution is 6.01. The zero-order valence-electron chi connectivity index (χ0n) is 15.9. The molecule has 1 fully saturated rings. The first-order valence-corrected chi connectivity index (χ1v) is 9.78. The Hall–Kier alpha value is -1.88. The van der Waals surface area contributed by atoms with E-state index in [1.165, 1.54) is 18.4 Å². The monoisotopic (exact) mass is 358 g/mol. The molecule has 2 heterocycles. The Labute approximate surface area is 156 Å². The predicted molar refractivity (Wildman–Crippen MR) is 102 cm³/mol. The number of unbranched alkanes of at least 4 members (excludes halogenated alkanes) is 1. The standard InChI is InChI=1S/C21H30N2O3/c1-3-4-11-23-12-9-21(10-13-23,20(24)25)15-18-14-19(22-26-18)17-7-5-16(2)6-8-17/h5-8,18H,3-4,9-15H2,1-2H3,(H,24,25)/t18-/m0/s1. The summed E-state index contributed by atoms with van der Waals surface area (Å²) in [5, 5.41) is 14.2. The van der Waals surface area contributed by atoms with E-state index in [0.717, 1.165) is 30.9 Å². The fourth-order valence-corrected chi connectivity index (χ4v) is 3.98. The van der Waals surface area contributed by atoms with Crippen molar-refractivity contribution in [1.82, 2.24) is 4.90 Å². The van der Waals surface area contributed by atoms with Crippen LogP contribution in [0.1, 0.15) is 56.6 Å². The number of likely N-dealkylation sites (tertiary alicyclic amines) is 1. The summed E-state index contributed by atoms with van der Waals surface area (Å²) in [5.41, 5.74) is 2.53. The maximum atomic E-state index is 12.1. The van der Waals surface area contributed by atoms with Gasteiger partial charge in [0.15, 0.2) is 0 Å². The number of aryl methyl sites for hydroxylation is 1. The number of aliphatic carboxylic acids is 1. The lowest BCUT2D eigenvalue weighted by Crippen LogP contribution is -2.46. The highest BCUT2D eigenvalue weighted by atomic mass is 16.6. The molecule has 1 aromatic carbocycles. The van der Waals surface area contributed by atoms with Crippen molar-refractivity contribution in [3.05, 3.63) is 35.4 Å². The maximum Gasteiger partial charge on any atom is 0.309 e. The third-order valence-electron chi connectivity index (χ3n) is 5.83. The fraction of sp³-hybridized carbons (Fsp3) is 0.619. The summed E-state index contributed by atoms with van der Waals surface area (Å²) in [5.74, 6) is -0.681. The zero-order valence-corrected chi connectivity index (χ0v) is 15.9. The van der Waals surface area contributed by atoms with Crippen LogP contribution >= 0.6 is 0 Å². The van der Waals surface area contributed by atoms with Gasteiger partial charge in [0.1, 0.15) is 6.10 Å². The van der Waals surface area contributed by atoms with Crippen LogP contribution in [0.4, 0.5) is 0 Å². The van der Waals surface area contributed by atoms with Crippen LogP contribution in [0.25, 0.3) is 0 Å². The molecule has 5 heteroatoms. The van der Waals surface area contributed by atoms with E-state index >= 15 is 0 Å². The van der Waals surface area contributed by atoms with Gasteiger partial charge in [0.2, 0.25) is 0 Å². The summed E-state index contributed by atoms with van der Waals surface area (Å²) in [6, 6.07) is 8.24. The number of benzene rings is 1. The average molecular weight is 358 g/mol. The van der Waals surface area contributed by atoms with E-state index in [4.69, 9.17) is 4.84 Å². The van der Waals surface area contributed by atoms with Gasteiger partial charge in [0.05, 0.1) is 11.1 Å². The molecule has 0 saturated carbocycles. The van der Waals surface area contributed by atoms with Crippen LogP contribution in [-0.2, 0) is 9.63 Å². The number of carboxylic acid groups (broad SMARTS) is 1. The van der Waals surface area contributed by atoms with Gasteiger partial charge in [-0.1, -0.05) is 48.3 Å². The van der Waals surface area contributed by atoms with Crippen LogP contribution < -0.4 is 0 Å². The molecule has 2 aliphatic heterocycles. The van der Waals surface area contributed by atoms with Crippen molar-refractivity contribution >= 4 is 11.7 Å². The number of hydrogen-bond donors (Lipinski definition) is 1. The average Bonchev–Trinajstić information content (AvgIpc) is 3.10. The Morgan fingerprint density at radius 3 is 2.62 bits per heavy atom. The molecule has 1 aromatic rings. The molecule has 0 radical (unpaired) electrons.